The van der Waals surface area contributed by atoms with Gasteiger partial charge in [-0.1, -0.05) is 48.4 Å². The molecule has 1 unspecified atom stereocenters. The van der Waals surface area contributed by atoms with E-state index < -0.39 is 35.0 Å². The molecule has 6 rings (SSSR count). The number of esters is 1. The lowest BCUT2D eigenvalue weighted by Gasteiger charge is -2.37. The van der Waals surface area contributed by atoms with Crippen LogP contribution in [0, 0.1) is 11.8 Å². The third-order valence-corrected chi connectivity index (χ3v) is 8.43. The highest BCUT2D eigenvalue weighted by molar-refractivity contribution is 5.99. The third-order valence-electron chi connectivity index (χ3n) is 8.43. The van der Waals surface area contributed by atoms with Gasteiger partial charge in [0.2, 0.25) is 5.91 Å². The fraction of sp³-hybridized carbons (Fsp3) is 0.536. The number of amides is 2. The SMILES string of the molecule is C[C@@]12C=CCOC(=O)[C@@H]1[C@H]1C(=O)N(CCCCCCO)C3C(=O)N(Cn4nnc5ccccc54)CC=C[C@@]31O2. The number of ether oxygens (including phenoxy) is 2. The predicted molar refractivity (Wildman–Crippen MR) is 139 cm³/mol. The number of benzene rings is 1. The second kappa shape index (κ2) is 9.87. The number of hydrogen-bond donors (Lipinski definition) is 1. The van der Waals surface area contributed by atoms with E-state index in [1.54, 1.807) is 33.6 Å². The van der Waals surface area contributed by atoms with E-state index in [-0.39, 0.29) is 31.7 Å². The monoisotopic (exact) mass is 535 g/mol. The largest absolute Gasteiger partial charge is 0.461 e. The average Bonchev–Trinajstić information content (AvgIpc) is 3.44. The first kappa shape index (κ1) is 25.7. The number of hydrogen-bond acceptors (Lipinski definition) is 8. The van der Waals surface area contributed by atoms with Crippen molar-refractivity contribution in [2.24, 2.45) is 11.8 Å². The zero-order valence-electron chi connectivity index (χ0n) is 21.9. The number of likely N-dealkylation sites (tertiary alicyclic amines) is 1. The standard InChI is InChI=1S/C28H33N5O6/c1-27-12-9-17-38-26(37)22(27)21-24(35)32(15-6-2-3-7-16-34)23-25(36)31(14-8-13-28(21,23)39-27)18-33-20-11-5-4-10-19(20)29-30-33/h4-5,8-13,21-23,34H,2-3,6-7,14-18H2,1H3/t21-,22-,23?,27+,28-/m0/s1. The molecule has 2 saturated heterocycles. The maximum atomic E-state index is 14.4. The van der Waals surface area contributed by atoms with Gasteiger partial charge in [0.25, 0.3) is 5.91 Å². The van der Waals surface area contributed by atoms with Crippen LogP contribution in [0.15, 0.2) is 48.6 Å². The van der Waals surface area contributed by atoms with Gasteiger partial charge in [-0.15, -0.1) is 5.10 Å². The fourth-order valence-corrected chi connectivity index (χ4v) is 6.70. The van der Waals surface area contributed by atoms with Crippen molar-refractivity contribution in [3.8, 4) is 0 Å². The molecule has 5 atom stereocenters. The van der Waals surface area contributed by atoms with Crippen LogP contribution in [0.3, 0.4) is 0 Å². The molecule has 4 aliphatic rings. The minimum Gasteiger partial charge on any atom is -0.461 e. The molecule has 1 aromatic carbocycles. The summed E-state index contributed by atoms with van der Waals surface area (Å²) in [4.78, 5) is 44.9. The molecule has 11 heteroatoms. The molecule has 0 bridgehead atoms. The highest BCUT2D eigenvalue weighted by atomic mass is 16.6. The van der Waals surface area contributed by atoms with Crippen LogP contribution in [0.25, 0.3) is 11.0 Å². The quantitative estimate of drug-likeness (QED) is 0.306. The molecule has 5 heterocycles. The Hall–Kier alpha value is -3.57. The molecule has 206 valence electrons. The number of aliphatic hydroxyl groups excluding tert-OH is 1. The number of aromatic nitrogens is 3. The van der Waals surface area contributed by atoms with Crippen molar-refractivity contribution in [2.45, 2.75) is 56.5 Å². The van der Waals surface area contributed by atoms with E-state index in [4.69, 9.17) is 14.6 Å². The average molecular weight is 536 g/mol. The van der Waals surface area contributed by atoms with Crippen LogP contribution in [-0.4, -0.2) is 91.2 Å². The first-order valence-corrected chi connectivity index (χ1v) is 13.6. The molecule has 39 heavy (non-hydrogen) atoms. The number of carbonyl (C=O) groups excluding carboxylic acids is 3. The maximum absolute atomic E-state index is 14.4. The van der Waals surface area contributed by atoms with E-state index >= 15 is 0 Å². The number of unbranched alkanes of at least 4 members (excludes halogenated alkanes) is 3. The van der Waals surface area contributed by atoms with Crippen LogP contribution in [-0.2, 0) is 30.5 Å². The van der Waals surface area contributed by atoms with E-state index in [1.807, 2.05) is 36.4 Å². The molecule has 1 spiro atoms. The summed E-state index contributed by atoms with van der Waals surface area (Å²) in [5.74, 6) is -2.77. The van der Waals surface area contributed by atoms with Gasteiger partial charge in [-0.2, -0.15) is 0 Å². The molecule has 11 nitrogen and oxygen atoms in total. The highest BCUT2D eigenvalue weighted by Gasteiger charge is 2.74. The van der Waals surface area contributed by atoms with Gasteiger partial charge >= 0.3 is 5.97 Å². The van der Waals surface area contributed by atoms with Gasteiger partial charge in [0.1, 0.15) is 36.4 Å². The van der Waals surface area contributed by atoms with Gasteiger partial charge in [-0.25, -0.2) is 4.68 Å². The maximum Gasteiger partial charge on any atom is 0.313 e. The lowest BCUT2D eigenvalue weighted by Crippen LogP contribution is -2.56. The Bertz CT molecular complexity index is 1350. The van der Waals surface area contributed by atoms with Crippen molar-refractivity contribution in [1.29, 1.82) is 0 Å². The Labute approximate surface area is 226 Å². The minimum atomic E-state index is -1.31. The van der Waals surface area contributed by atoms with Crippen molar-refractivity contribution in [1.82, 2.24) is 24.8 Å². The molecule has 0 aliphatic carbocycles. The topological polar surface area (TPSA) is 127 Å². The van der Waals surface area contributed by atoms with Crippen LogP contribution in [0.2, 0.25) is 0 Å². The van der Waals surface area contributed by atoms with Crippen molar-refractivity contribution < 1.29 is 29.0 Å². The number of nitrogens with zero attached hydrogens (tertiary/aromatic N) is 5. The van der Waals surface area contributed by atoms with Crippen LogP contribution < -0.4 is 0 Å². The Morgan fingerprint density at radius 1 is 1.03 bits per heavy atom. The van der Waals surface area contributed by atoms with Crippen LogP contribution in [0.1, 0.15) is 32.6 Å². The fourth-order valence-electron chi connectivity index (χ4n) is 6.70. The number of rotatable bonds is 8. The van der Waals surface area contributed by atoms with Crippen molar-refractivity contribution in [3.63, 3.8) is 0 Å². The van der Waals surface area contributed by atoms with Gasteiger partial charge in [-0.05, 0) is 38.0 Å². The molecule has 0 saturated carbocycles. The van der Waals surface area contributed by atoms with Gasteiger partial charge in [0.05, 0.1) is 17.0 Å². The highest BCUT2D eigenvalue weighted by Crippen LogP contribution is 2.57. The van der Waals surface area contributed by atoms with Crippen LogP contribution in [0.5, 0.6) is 0 Å². The molecule has 2 amide bonds. The van der Waals surface area contributed by atoms with E-state index in [2.05, 4.69) is 10.3 Å². The number of fused-ring (bicyclic) bond motifs is 3. The molecule has 4 aliphatic heterocycles. The van der Waals surface area contributed by atoms with Gasteiger partial charge < -0.3 is 24.4 Å². The summed E-state index contributed by atoms with van der Waals surface area (Å²) in [6, 6.07) is 6.60. The summed E-state index contributed by atoms with van der Waals surface area (Å²) in [7, 11) is 0. The number of cyclic esters (lactones) is 1. The number of carbonyl (C=O) groups is 3. The first-order valence-electron chi connectivity index (χ1n) is 13.6. The Balaban J connectivity index is 1.37. The van der Waals surface area contributed by atoms with Crippen molar-refractivity contribution >= 4 is 28.8 Å². The lowest BCUT2D eigenvalue weighted by atomic mass is 9.75. The van der Waals surface area contributed by atoms with Crippen molar-refractivity contribution in [2.75, 3.05) is 26.3 Å². The zero-order valence-corrected chi connectivity index (χ0v) is 21.9. The van der Waals surface area contributed by atoms with Crippen molar-refractivity contribution in [3.05, 3.63) is 48.6 Å². The molecular weight excluding hydrogens is 502 g/mol. The molecule has 1 aromatic heterocycles. The van der Waals surface area contributed by atoms with E-state index in [0.29, 0.717) is 25.9 Å². The summed E-state index contributed by atoms with van der Waals surface area (Å²) < 4.78 is 13.8. The second-order valence-electron chi connectivity index (χ2n) is 10.9. The summed E-state index contributed by atoms with van der Waals surface area (Å²) in [6.07, 6.45) is 10.2. The number of aliphatic hydroxyl groups is 1. The molecule has 0 radical (unpaired) electrons. The van der Waals surface area contributed by atoms with Gasteiger partial charge in [-0.3, -0.25) is 14.4 Å². The Morgan fingerprint density at radius 2 is 1.85 bits per heavy atom. The van der Waals surface area contributed by atoms with Gasteiger partial charge in [0.15, 0.2) is 0 Å². The molecule has 1 N–H and O–H groups in total. The molecule has 2 aromatic rings. The lowest BCUT2D eigenvalue weighted by molar-refractivity contribution is -0.158. The molecular formula is C28H33N5O6. The second-order valence-corrected chi connectivity index (χ2v) is 10.9. The third kappa shape index (κ3) is 4.06. The Morgan fingerprint density at radius 3 is 2.69 bits per heavy atom. The van der Waals surface area contributed by atoms with Crippen LogP contribution in [0.4, 0.5) is 0 Å². The molecule has 2 fully saturated rings. The van der Waals surface area contributed by atoms with Crippen LogP contribution >= 0.6 is 0 Å². The zero-order chi connectivity index (χ0) is 27.2. The first-order chi connectivity index (χ1) is 18.9. The summed E-state index contributed by atoms with van der Waals surface area (Å²) in [6.45, 7) is 2.83. The smallest absolute Gasteiger partial charge is 0.313 e. The predicted octanol–water partition coefficient (Wildman–Crippen LogP) is 1.42. The summed E-state index contributed by atoms with van der Waals surface area (Å²) in [5, 5.41) is 17.6. The normalized spacial score (nSPS) is 31.7. The summed E-state index contributed by atoms with van der Waals surface area (Å²) in [5.41, 5.74) is -0.862. The Kier molecular flexibility index (Phi) is 6.50. The van der Waals surface area contributed by atoms with E-state index in [9.17, 15) is 14.4 Å². The summed E-state index contributed by atoms with van der Waals surface area (Å²) >= 11 is 0. The minimum absolute atomic E-state index is 0.120. The number of para-hydroxylation sites is 1. The van der Waals surface area contributed by atoms with Gasteiger partial charge in [0, 0.05) is 19.7 Å². The van der Waals surface area contributed by atoms with E-state index in [1.165, 1.54) is 0 Å². The van der Waals surface area contributed by atoms with E-state index in [0.717, 1.165) is 23.9 Å².